The number of benzene rings is 2. The van der Waals surface area contributed by atoms with E-state index in [1.54, 1.807) is 19.1 Å². The average molecular weight is 458 g/mol. The summed E-state index contributed by atoms with van der Waals surface area (Å²) < 4.78 is 19.7. The molecule has 0 spiro atoms. The van der Waals surface area contributed by atoms with E-state index in [0.29, 0.717) is 48.3 Å². The number of amides is 1. The van der Waals surface area contributed by atoms with Crippen LogP contribution < -0.4 is 0 Å². The molecule has 29 heavy (non-hydrogen) atoms. The summed E-state index contributed by atoms with van der Waals surface area (Å²) in [6, 6.07) is 13.0. The molecule has 1 saturated carbocycles. The number of carbonyl (C=O) groups excluding carboxylic acids is 1. The van der Waals surface area contributed by atoms with E-state index < -0.39 is 0 Å². The van der Waals surface area contributed by atoms with Gasteiger partial charge in [0, 0.05) is 35.5 Å². The largest absolute Gasteiger partial charge is 0.339 e. The van der Waals surface area contributed by atoms with Crippen LogP contribution in [0.2, 0.25) is 0 Å². The van der Waals surface area contributed by atoms with Gasteiger partial charge in [-0.25, -0.2) is 4.39 Å². The molecule has 0 aliphatic heterocycles. The topological polar surface area (TPSA) is 59.2 Å². The highest BCUT2D eigenvalue weighted by Gasteiger charge is 2.32. The molecule has 2 aromatic carbocycles. The van der Waals surface area contributed by atoms with E-state index in [1.807, 2.05) is 29.2 Å². The van der Waals surface area contributed by atoms with E-state index in [-0.39, 0.29) is 11.7 Å². The molecule has 0 bridgehead atoms. The lowest BCUT2D eigenvalue weighted by atomic mass is 10.1. The predicted molar refractivity (Wildman–Crippen MR) is 110 cm³/mol. The van der Waals surface area contributed by atoms with Crippen LogP contribution in [-0.4, -0.2) is 27.0 Å². The SMILES string of the molecule is Cc1cc(-c2noc(CCC(=O)N(Cc3cccc(Br)c3)C3CC3)n2)ccc1F. The standard InChI is InChI=1S/C22H21BrFN3O2/c1-14-11-16(5-8-19(14)24)22-25-20(29-26-22)9-10-21(28)27(18-6-7-18)13-15-3-2-4-17(23)12-15/h2-5,8,11-12,18H,6-7,9-10,13H2,1H3. The Balaban J connectivity index is 1.39. The molecule has 1 aromatic heterocycles. The van der Waals surface area contributed by atoms with Crippen LogP contribution >= 0.6 is 15.9 Å². The van der Waals surface area contributed by atoms with Gasteiger partial charge < -0.3 is 9.42 Å². The highest BCUT2D eigenvalue weighted by molar-refractivity contribution is 9.10. The fourth-order valence-electron chi connectivity index (χ4n) is 3.25. The molecule has 150 valence electrons. The first-order valence-corrected chi connectivity index (χ1v) is 10.4. The number of hydrogen-bond acceptors (Lipinski definition) is 4. The fraction of sp³-hybridized carbons (Fsp3) is 0.318. The van der Waals surface area contributed by atoms with Gasteiger partial charge in [-0.05, 0) is 61.2 Å². The predicted octanol–water partition coefficient (Wildman–Crippen LogP) is 5.07. The monoisotopic (exact) mass is 457 g/mol. The molecule has 7 heteroatoms. The van der Waals surface area contributed by atoms with Gasteiger partial charge in [-0.15, -0.1) is 0 Å². The van der Waals surface area contributed by atoms with Gasteiger partial charge in [0.15, 0.2) is 0 Å². The maximum absolute atomic E-state index is 13.4. The second kappa shape index (κ2) is 8.45. The Bertz CT molecular complexity index is 1030. The molecule has 0 atom stereocenters. The zero-order chi connectivity index (χ0) is 20.4. The van der Waals surface area contributed by atoms with Gasteiger partial charge in [-0.2, -0.15) is 4.98 Å². The molecule has 1 aliphatic carbocycles. The summed E-state index contributed by atoms with van der Waals surface area (Å²) in [7, 11) is 0. The van der Waals surface area contributed by atoms with Crippen LogP contribution in [0.3, 0.4) is 0 Å². The second-order valence-corrected chi connectivity index (χ2v) is 8.27. The third kappa shape index (κ3) is 4.90. The van der Waals surface area contributed by atoms with Crippen LogP contribution in [0.5, 0.6) is 0 Å². The summed E-state index contributed by atoms with van der Waals surface area (Å²) in [5, 5.41) is 3.97. The van der Waals surface area contributed by atoms with Crippen LogP contribution in [0.4, 0.5) is 4.39 Å². The molecule has 0 unspecified atom stereocenters. The van der Waals surface area contributed by atoms with Crippen LogP contribution in [0.1, 0.15) is 36.3 Å². The summed E-state index contributed by atoms with van der Waals surface area (Å²) in [5.74, 6) is 0.635. The molecular weight excluding hydrogens is 437 g/mol. The van der Waals surface area contributed by atoms with Gasteiger partial charge in [-0.3, -0.25) is 4.79 Å². The summed E-state index contributed by atoms with van der Waals surface area (Å²) in [4.78, 5) is 19.1. The van der Waals surface area contributed by atoms with Gasteiger partial charge >= 0.3 is 0 Å². The lowest BCUT2D eigenvalue weighted by Crippen LogP contribution is -2.32. The summed E-state index contributed by atoms with van der Waals surface area (Å²) in [6.45, 7) is 2.29. The molecule has 3 aromatic rings. The van der Waals surface area contributed by atoms with Crippen molar-refractivity contribution in [1.82, 2.24) is 15.0 Å². The summed E-state index contributed by atoms with van der Waals surface area (Å²) in [5.41, 5.74) is 2.32. The first kappa shape index (κ1) is 19.8. The van der Waals surface area contributed by atoms with Gasteiger partial charge in [0.1, 0.15) is 5.82 Å². The lowest BCUT2D eigenvalue weighted by Gasteiger charge is -2.22. The lowest BCUT2D eigenvalue weighted by molar-refractivity contribution is -0.132. The van der Waals surface area contributed by atoms with E-state index in [1.165, 1.54) is 6.07 Å². The first-order chi connectivity index (χ1) is 14.0. The molecule has 4 rings (SSSR count). The summed E-state index contributed by atoms with van der Waals surface area (Å²) in [6.07, 6.45) is 2.80. The van der Waals surface area contributed by atoms with E-state index in [9.17, 15) is 9.18 Å². The van der Waals surface area contributed by atoms with E-state index in [4.69, 9.17) is 4.52 Å². The van der Waals surface area contributed by atoms with Crippen LogP contribution in [0, 0.1) is 12.7 Å². The number of aromatic nitrogens is 2. The molecule has 0 radical (unpaired) electrons. The van der Waals surface area contributed by atoms with Crippen molar-refractivity contribution in [2.45, 2.75) is 45.2 Å². The van der Waals surface area contributed by atoms with Gasteiger partial charge in [0.25, 0.3) is 0 Å². The number of aryl methyl sites for hydroxylation is 2. The van der Waals surface area contributed by atoms with Gasteiger partial charge in [0.05, 0.1) is 0 Å². The Morgan fingerprint density at radius 2 is 2.10 bits per heavy atom. The maximum Gasteiger partial charge on any atom is 0.227 e. The van der Waals surface area contributed by atoms with Gasteiger partial charge in [-0.1, -0.05) is 33.2 Å². The number of hydrogen-bond donors (Lipinski definition) is 0. The fourth-order valence-corrected chi connectivity index (χ4v) is 3.70. The Morgan fingerprint density at radius 1 is 1.28 bits per heavy atom. The molecule has 0 saturated heterocycles. The van der Waals surface area contributed by atoms with Crippen LogP contribution in [-0.2, 0) is 17.8 Å². The summed E-state index contributed by atoms with van der Waals surface area (Å²) >= 11 is 3.48. The Morgan fingerprint density at radius 3 is 2.83 bits per heavy atom. The number of nitrogens with zero attached hydrogens (tertiary/aromatic N) is 3. The van der Waals surface area contributed by atoms with E-state index in [0.717, 1.165) is 22.9 Å². The molecule has 1 amide bonds. The zero-order valence-corrected chi connectivity index (χ0v) is 17.7. The van der Waals surface area contributed by atoms with Crippen molar-refractivity contribution in [1.29, 1.82) is 0 Å². The minimum absolute atomic E-state index is 0.0878. The molecular formula is C22H21BrFN3O2. The smallest absolute Gasteiger partial charge is 0.227 e. The van der Waals surface area contributed by atoms with Crippen molar-refractivity contribution in [3.05, 3.63) is 69.8 Å². The number of rotatable bonds is 7. The minimum atomic E-state index is -0.270. The third-order valence-electron chi connectivity index (χ3n) is 4.99. The zero-order valence-electron chi connectivity index (χ0n) is 16.1. The Labute approximate surface area is 177 Å². The minimum Gasteiger partial charge on any atom is -0.339 e. The van der Waals surface area contributed by atoms with Crippen molar-refractivity contribution < 1.29 is 13.7 Å². The maximum atomic E-state index is 13.4. The first-order valence-electron chi connectivity index (χ1n) is 9.62. The number of halogens is 2. The van der Waals surface area contributed by atoms with Crippen molar-refractivity contribution >= 4 is 21.8 Å². The Hall–Kier alpha value is -2.54. The highest BCUT2D eigenvalue weighted by atomic mass is 79.9. The van der Waals surface area contributed by atoms with E-state index in [2.05, 4.69) is 26.1 Å². The normalized spacial score (nSPS) is 13.5. The number of carbonyl (C=O) groups is 1. The highest BCUT2D eigenvalue weighted by Crippen LogP contribution is 2.29. The van der Waals surface area contributed by atoms with Crippen molar-refractivity contribution in [3.63, 3.8) is 0 Å². The van der Waals surface area contributed by atoms with Crippen molar-refractivity contribution in [2.24, 2.45) is 0 Å². The quantitative estimate of drug-likeness (QED) is 0.496. The molecule has 1 aliphatic rings. The second-order valence-electron chi connectivity index (χ2n) is 7.36. The third-order valence-corrected chi connectivity index (χ3v) is 5.48. The molecule has 0 N–H and O–H groups in total. The molecule has 1 fully saturated rings. The van der Waals surface area contributed by atoms with Crippen molar-refractivity contribution in [2.75, 3.05) is 0 Å². The van der Waals surface area contributed by atoms with Crippen LogP contribution in [0.25, 0.3) is 11.4 Å². The van der Waals surface area contributed by atoms with Crippen LogP contribution in [0.15, 0.2) is 51.5 Å². The van der Waals surface area contributed by atoms with E-state index >= 15 is 0 Å². The molecule has 5 nitrogen and oxygen atoms in total. The van der Waals surface area contributed by atoms with Crippen molar-refractivity contribution in [3.8, 4) is 11.4 Å². The Kier molecular flexibility index (Phi) is 5.76. The average Bonchev–Trinajstić information content (AvgIpc) is 3.43. The molecule has 1 heterocycles. The van der Waals surface area contributed by atoms with Gasteiger partial charge in [0.2, 0.25) is 17.6 Å².